The van der Waals surface area contributed by atoms with Crippen LogP contribution >= 0.6 is 0 Å². The van der Waals surface area contributed by atoms with Crippen molar-refractivity contribution < 1.29 is 14.7 Å². The van der Waals surface area contributed by atoms with Crippen LogP contribution in [0.3, 0.4) is 0 Å². The lowest BCUT2D eigenvalue weighted by Crippen LogP contribution is -2.41. The first-order valence-corrected chi connectivity index (χ1v) is 6.40. The minimum atomic E-state index is -0.983. The van der Waals surface area contributed by atoms with E-state index in [-0.39, 0.29) is 18.2 Å². The van der Waals surface area contributed by atoms with E-state index in [0.29, 0.717) is 12.8 Å². The van der Waals surface area contributed by atoms with Crippen molar-refractivity contribution in [3.8, 4) is 0 Å². The number of aryl methyl sites for hydroxylation is 1. The van der Waals surface area contributed by atoms with Crippen molar-refractivity contribution in [2.75, 3.05) is 0 Å². The van der Waals surface area contributed by atoms with Crippen LogP contribution in [0, 0.1) is 5.92 Å². The van der Waals surface area contributed by atoms with Gasteiger partial charge in [0.05, 0.1) is 0 Å². The summed E-state index contributed by atoms with van der Waals surface area (Å²) in [6, 6.07) is 2.90. The fraction of sp³-hybridized carbons (Fsp3) is 0.500. The summed E-state index contributed by atoms with van der Waals surface area (Å²) in [4.78, 5) is 26.7. The van der Waals surface area contributed by atoms with E-state index in [1.165, 1.54) is 0 Å². The maximum atomic E-state index is 11.7. The Morgan fingerprint density at radius 3 is 2.68 bits per heavy atom. The summed E-state index contributed by atoms with van der Waals surface area (Å²) in [6.07, 6.45) is 4.65. The lowest BCUT2D eigenvalue weighted by Gasteiger charge is -2.16. The number of hydrogen-bond acceptors (Lipinski definition) is 3. The molecule has 1 amide bonds. The van der Waals surface area contributed by atoms with Crippen LogP contribution in [0.5, 0.6) is 0 Å². The van der Waals surface area contributed by atoms with Crippen LogP contribution in [-0.2, 0) is 16.0 Å². The molecule has 104 valence electrons. The van der Waals surface area contributed by atoms with E-state index in [4.69, 9.17) is 5.11 Å². The fourth-order valence-corrected chi connectivity index (χ4v) is 1.76. The molecule has 19 heavy (non-hydrogen) atoms. The highest BCUT2D eigenvalue weighted by Crippen LogP contribution is 2.06. The second kappa shape index (κ2) is 7.51. The second-order valence-corrected chi connectivity index (χ2v) is 4.95. The van der Waals surface area contributed by atoms with Gasteiger partial charge in [-0.15, -0.1) is 0 Å². The van der Waals surface area contributed by atoms with Gasteiger partial charge in [0.1, 0.15) is 6.04 Å². The lowest BCUT2D eigenvalue weighted by molar-refractivity contribution is -0.142. The Balaban J connectivity index is 2.42. The maximum Gasteiger partial charge on any atom is 0.326 e. The molecule has 0 fully saturated rings. The molecule has 0 saturated carbocycles. The Morgan fingerprint density at radius 1 is 1.42 bits per heavy atom. The first kappa shape index (κ1) is 15.1. The normalized spacial score (nSPS) is 12.2. The van der Waals surface area contributed by atoms with Gasteiger partial charge in [-0.05, 0) is 30.4 Å². The smallest absolute Gasteiger partial charge is 0.326 e. The highest BCUT2D eigenvalue weighted by molar-refractivity contribution is 5.83. The van der Waals surface area contributed by atoms with E-state index in [9.17, 15) is 9.59 Å². The third kappa shape index (κ3) is 5.99. The van der Waals surface area contributed by atoms with E-state index < -0.39 is 12.0 Å². The number of carboxylic acid groups (broad SMARTS) is 1. The minimum Gasteiger partial charge on any atom is -0.480 e. The number of nitrogens with zero attached hydrogens (tertiary/aromatic N) is 1. The Bertz CT molecular complexity index is 418. The summed E-state index contributed by atoms with van der Waals surface area (Å²) in [5.41, 5.74) is 0.966. The third-order valence-electron chi connectivity index (χ3n) is 2.70. The molecule has 2 N–H and O–H groups in total. The standard InChI is InChI=1S/C14H20N2O3/c1-10(2)8-12(14(18)19)16-13(17)6-5-11-4-3-7-15-9-11/h3-4,7,9-10,12H,5-6,8H2,1-2H3,(H,16,17)(H,18,19)/t12-/m0/s1. The van der Waals surface area contributed by atoms with E-state index in [1.807, 2.05) is 26.0 Å². The van der Waals surface area contributed by atoms with Gasteiger partial charge in [-0.3, -0.25) is 9.78 Å². The van der Waals surface area contributed by atoms with Crippen LogP contribution < -0.4 is 5.32 Å². The topological polar surface area (TPSA) is 79.3 Å². The zero-order valence-corrected chi connectivity index (χ0v) is 11.3. The largest absolute Gasteiger partial charge is 0.480 e. The number of rotatable bonds is 7. The number of pyridine rings is 1. The molecular formula is C14H20N2O3. The fourth-order valence-electron chi connectivity index (χ4n) is 1.76. The van der Waals surface area contributed by atoms with E-state index >= 15 is 0 Å². The van der Waals surface area contributed by atoms with Crippen molar-refractivity contribution in [1.82, 2.24) is 10.3 Å². The van der Waals surface area contributed by atoms with E-state index in [2.05, 4.69) is 10.3 Å². The molecule has 1 aromatic rings. The number of carboxylic acids is 1. The molecule has 1 atom stereocenters. The zero-order chi connectivity index (χ0) is 14.3. The molecule has 0 radical (unpaired) electrons. The Morgan fingerprint density at radius 2 is 2.16 bits per heavy atom. The minimum absolute atomic E-state index is 0.222. The highest BCUT2D eigenvalue weighted by atomic mass is 16.4. The van der Waals surface area contributed by atoms with Crippen molar-refractivity contribution in [2.45, 2.75) is 39.2 Å². The summed E-state index contributed by atoms with van der Waals surface area (Å²) < 4.78 is 0. The lowest BCUT2D eigenvalue weighted by atomic mass is 10.0. The van der Waals surface area contributed by atoms with Gasteiger partial charge in [0, 0.05) is 18.8 Å². The molecule has 0 aromatic carbocycles. The first-order chi connectivity index (χ1) is 8.99. The number of aromatic nitrogens is 1. The quantitative estimate of drug-likeness (QED) is 0.784. The molecule has 0 aliphatic heterocycles. The van der Waals surface area contributed by atoms with Gasteiger partial charge in [-0.2, -0.15) is 0 Å². The van der Waals surface area contributed by atoms with Gasteiger partial charge in [0.25, 0.3) is 0 Å². The van der Waals surface area contributed by atoms with Crippen molar-refractivity contribution in [3.63, 3.8) is 0 Å². The van der Waals surface area contributed by atoms with Gasteiger partial charge in [0.2, 0.25) is 5.91 Å². The average molecular weight is 264 g/mol. The van der Waals surface area contributed by atoms with Crippen molar-refractivity contribution in [3.05, 3.63) is 30.1 Å². The Hall–Kier alpha value is -1.91. The number of nitrogens with one attached hydrogen (secondary N) is 1. The molecule has 0 unspecified atom stereocenters. The van der Waals surface area contributed by atoms with E-state index in [1.54, 1.807) is 12.4 Å². The third-order valence-corrected chi connectivity index (χ3v) is 2.70. The predicted molar refractivity (Wildman–Crippen MR) is 71.6 cm³/mol. The van der Waals surface area contributed by atoms with Crippen LogP contribution in [0.1, 0.15) is 32.3 Å². The summed E-state index contributed by atoms with van der Waals surface area (Å²) in [5.74, 6) is -1.000. The maximum absolute atomic E-state index is 11.7. The second-order valence-electron chi connectivity index (χ2n) is 4.95. The summed E-state index contributed by atoms with van der Waals surface area (Å²) in [7, 11) is 0. The summed E-state index contributed by atoms with van der Waals surface area (Å²) in [5, 5.41) is 11.6. The molecule has 0 saturated heterocycles. The van der Waals surface area contributed by atoms with Gasteiger partial charge in [-0.1, -0.05) is 19.9 Å². The van der Waals surface area contributed by atoms with Crippen molar-refractivity contribution in [2.24, 2.45) is 5.92 Å². The van der Waals surface area contributed by atoms with Crippen molar-refractivity contribution >= 4 is 11.9 Å². The molecule has 1 rings (SSSR count). The van der Waals surface area contributed by atoms with Crippen LogP contribution in [0.2, 0.25) is 0 Å². The number of amides is 1. The Kier molecular flexibility index (Phi) is 5.99. The molecule has 5 heteroatoms. The van der Waals surface area contributed by atoms with Gasteiger partial charge < -0.3 is 10.4 Å². The molecule has 1 heterocycles. The summed E-state index contributed by atoms with van der Waals surface area (Å²) >= 11 is 0. The molecular weight excluding hydrogens is 244 g/mol. The van der Waals surface area contributed by atoms with Crippen molar-refractivity contribution in [1.29, 1.82) is 0 Å². The molecule has 0 aliphatic rings. The first-order valence-electron chi connectivity index (χ1n) is 6.40. The SMILES string of the molecule is CC(C)C[C@H](NC(=O)CCc1cccnc1)C(=O)O. The van der Waals surface area contributed by atoms with Crippen LogP contribution in [0.15, 0.2) is 24.5 Å². The number of aliphatic carboxylic acids is 1. The zero-order valence-electron chi connectivity index (χ0n) is 11.3. The number of hydrogen-bond donors (Lipinski definition) is 2. The molecule has 1 aromatic heterocycles. The Labute approximate surface area is 113 Å². The van der Waals surface area contributed by atoms with Crippen LogP contribution in [-0.4, -0.2) is 28.0 Å². The summed E-state index contributed by atoms with van der Waals surface area (Å²) in [6.45, 7) is 3.86. The van der Waals surface area contributed by atoms with Gasteiger partial charge >= 0.3 is 5.97 Å². The van der Waals surface area contributed by atoms with E-state index in [0.717, 1.165) is 5.56 Å². The monoisotopic (exact) mass is 264 g/mol. The number of carbonyl (C=O) groups excluding carboxylic acids is 1. The number of carbonyl (C=O) groups is 2. The van der Waals surface area contributed by atoms with Gasteiger partial charge in [-0.25, -0.2) is 4.79 Å². The predicted octanol–water partition coefficient (Wildman–Crippen LogP) is 1.63. The van der Waals surface area contributed by atoms with Crippen LogP contribution in [0.25, 0.3) is 0 Å². The van der Waals surface area contributed by atoms with Gasteiger partial charge in [0.15, 0.2) is 0 Å². The molecule has 5 nitrogen and oxygen atoms in total. The molecule has 0 bridgehead atoms. The molecule has 0 spiro atoms. The highest BCUT2D eigenvalue weighted by Gasteiger charge is 2.20. The van der Waals surface area contributed by atoms with Crippen LogP contribution in [0.4, 0.5) is 0 Å². The average Bonchev–Trinajstić information content (AvgIpc) is 2.36. The molecule has 0 aliphatic carbocycles.